The normalized spacial score (nSPS) is 11.9. The van der Waals surface area contributed by atoms with E-state index in [4.69, 9.17) is 9.47 Å². The van der Waals surface area contributed by atoms with Crippen LogP contribution in [-0.4, -0.2) is 13.2 Å². The molecule has 0 amide bonds. The Morgan fingerprint density at radius 3 is 2.06 bits per heavy atom. The Labute approximate surface area is 217 Å². The molecule has 0 saturated carbocycles. The smallest absolute Gasteiger partial charge is 0.165 e. The van der Waals surface area contributed by atoms with Gasteiger partial charge in [0.15, 0.2) is 11.6 Å². The fourth-order valence-electron chi connectivity index (χ4n) is 4.35. The summed E-state index contributed by atoms with van der Waals surface area (Å²) < 4.78 is 26.5. The average molecular weight is 491 g/mol. The highest BCUT2D eigenvalue weighted by Gasteiger charge is 2.09. The second-order valence-corrected chi connectivity index (χ2v) is 9.84. The maximum absolute atomic E-state index is 14.7. The molecule has 0 aliphatic carbocycles. The summed E-state index contributed by atoms with van der Waals surface area (Å²) in [7, 11) is 0. The largest absolute Gasteiger partial charge is 0.493 e. The lowest BCUT2D eigenvalue weighted by Gasteiger charge is -2.13. The van der Waals surface area contributed by atoms with Gasteiger partial charge in [-0.25, -0.2) is 4.39 Å². The van der Waals surface area contributed by atoms with Crippen LogP contribution in [0.3, 0.4) is 0 Å². The quantitative estimate of drug-likeness (QED) is 0.186. The number of benzene rings is 3. The van der Waals surface area contributed by atoms with Crippen LogP contribution in [0, 0.1) is 11.7 Å². The van der Waals surface area contributed by atoms with E-state index in [9.17, 15) is 4.39 Å². The van der Waals surface area contributed by atoms with Gasteiger partial charge in [-0.3, -0.25) is 0 Å². The highest BCUT2D eigenvalue weighted by Crippen LogP contribution is 2.33. The highest BCUT2D eigenvalue weighted by molar-refractivity contribution is 5.74. The summed E-state index contributed by atoms with van der Waals surface area (Å²) in [5.74, 6) is 1.68. The van der Waals surface area contributed by atoms with Crippen LogP contribution in [0.2, 0.25) is 0 Å². The first-order valence-electron chi connectivity index (χ1n) is 13.9. The first-order chi connectivity index (χ1) is 17.6. The molecule has 0 radical (unpaired) electrons. The molecule has 3 aromatic carbocycles. The highest BCUT2D eigenvalue weighted by atomic mass is 19.1. The number of para-hydroxylation sites is 1. The third kappa shape index (κ3) is 8.69. The molecule has 0 heterocycles. The minimum Gasteiger partial charge on any atom is -0.493 e. The van der Waals surface area contributed by atoms with Crippen molar-refractivity contribution in [3.05, 3.63) is 72.5 Å². The number of hydrogen-bond donors (Lipinski definition) is 0. The maximum atomic E-state index is 14.7. The molecule has 2 nitrogen and oxygen atoms in total. The zero-order valence-electron chi connectivity index (χ0n) is 22.4. The maximum Gasteiger partial charge on any atom is 0.165 e. The van der Waals surface area contributed by atoms with Gasteiger partial charge in [-0.2, -0.15) is 0 Å². The van der Waals surface area contributed by atoms with Crippen LogP contribution in [0.25, 0.3) is 22.3 Å². The standard InChI is InChI=1S/C33H43FO2/c1-4-6-7-8-9-12-23-36-33-22-21-29(25-31(33)34)27-17-19-28(20-18-27)30-15-10-11-16-32(30)35-24-13-14-26(3)5-2/h10-11,15-22,25-26H,4-9,12-14,23-24H2,1-3H3. The monoisotopic (exact) mass is 490 g/mol. The molecular formula is C33H43FO2. The van der Waals surface area contributed by atoms with Gasteiger partial charge in [0.05, 0.1) is 13.2 Å². The van der Waals surface area contributed by atoms with Gasteiger partial charge in [0.1, 0.15) is 5.75 Å². The molecule has 1 unspecified atom stereocenters. The van der Waals surface area contributed by atoms with Gasteiger partial charge in [0.25, 0.3) is 0 Å². The molecule has 0 bridgehead atoms. The first kappa shape index (κ1) is 27.8. The predicted octanol–water partition coefficient (Wildman–Crippen LogP) is 10.1. The zero-order valence-corrected chi connectivity index (χ0v) is 22.4. The molecule has 0 N–H and O–H groups in total. The molecule has 3 heteroatoms. The summed E-state index contributed by atoms with van der Waals surface area (Å²) >= 11 is 0. The Kier molecular flexibility index (Phi) is 11.8. The van der Waals surface area contributed by atoms with E-state index in [-0.39, 0.29) is 5.82 Å². The Bertz CT molecular complexity index is 1030. The Hall–Kier alpha value is -2.81. The van der Waals surface area contributed by atoms with E-state index in [1.165, 1.54) is 38.5 Å². The fourth-order valence-corrected chi connectivity index (χ4v) is 4.35. The predicted molar refractivity (Wildman–Crippen MR) is 150 cm³/mol. The number of rotatable bonds is 16. The SMILES string of the molecule is CCCCCCCCOc1ccc(-c2ccc(-c3ccccc3OCCCC(C)CC)cc2)cc1F. The lowest BCUT2D eigenvalue weighted by atomic mass is 9.99. The summed E-state index contributed by atoms with van der Waals surface area (Å²) in [5.41, 5.74) is 4.00. The van der Waals surface area contributed by atoms with Crippen LogP contribution in [0.5, 0.6) is 11.5 Å². The molecule has 36 heavy (non-hydrogen) atoms. The van der Waals surface area contributed by atoms with Crippen molar-refractivity contribution in [2.24, 2.45) is 5.92 Å². The van der Waals surface area contributed by atoms with Gasteiger partial charge in [-0.1, -0.05) is 108 Å². The first-order valence-corrected chi connectivity index (χ1v) is 13.9. The van der Waals surface area contributed by atoms with Gasteiger partial charge in [-0.05, 0) is 60.1 Å². The van der Waals surface area contributed by atoms with Crippen LogP contribution in [-0.2, 0) is 0 Å². The van der Waals surface area contributed by atoms with Crippen molar-refractivity contribution in [3.8, 4) is 33.8 Å². The molecule has 3 aromatic rings. The van der Waals surface area contributed by atoms with Gasteiger partial charge in [0.2, 0.25) is 0 Å². The summed E-state index contributed by atoms with van der Waals surface area (Å²) in [5, 5.41) is 0. The Morgan fingerprint density at radius 1 is 0.667 bits per heavy atom. The van der Waals surface area contributed by atoms with Gasteiger partial charge >= 0.3 is 0 Å². The molecule has 0 saturated heterocycles. The van der Waals surface area contributed by atoms with Crippen LogP contribution >= 0.6 is 0 Å². The van der Waals surface area contributed by atoms with Gasteiger partial charge in [0, 0.05) is 5.56 Å². The molecule has 1 atom stereocenters. The minimum absolute atomic E-state index is 0.307. The summed E-state index contributed by atoms with van der Waals surface area (Å²) in [4.78, 5) is 0. The van der Waals surface area contributed by atoms with Crippen molar-refractivity contribution in [1.82, 2.24) is 0 Å². The zero-order chi connectivity index (χ0) is 25.6. The summed E-state index contributed by atoms with van der Waals surface area (Å²) in [6.45, 7) is 8.04. The van der Waals surface area contributed by atoms with Crippen LogP contribution in [0.1, 0.15) is 78.6 Å². The summed E-state index contributed by atoms with van der Waals surface area (Å²) in [6, 6.07) is 21.7. The molecule has 3 rings (SSSR count). The van der Waals surface area contributed by atoms with Gasteiger partial charge in [-0.15, -0.1) is 0 Å². The molecular weight excluding hydrogens is 447 g/mol. The van der Waals surface area contributed by atoms with E-state index in [0.29, 0.717) is 12.4 Å². The van der Waals surface area contributed by atoms with Crippen molar-refractivity contribution < 1.29 is 13.9 Å². The average Bonchev–Trinajstić information content (AvgIpc) is 2.91. The van der Waals surface area contributed by atoms with Crippen molar-refractivity contribution in [2.45, 2.75) is 78.6 Å². The van der Waals surface area contributed by atoms with E-state index in [0.717, 1.165) is 59.8 Å². The van der Waals surface area contributed by atoms with E-state index in [1.807, 2.05) is 36.4 Å². The van der Waals surface area contributed by atoms with E-state index < -0.39 is 0 Å². The third-order valence-electron chi connectivity index (χ3n) is 6.90. The van der Waals surface area contributed by atoms with E-state index in [1.54, 1.807) is 12.1 Å². The van der Waals surface area contributed by atoms with E-state index in [2.05, 4.69) is 39.0 Å². The summed E-state index contributed by atoms with van der Waals surface area (Å²) in [6.07, 6.45) is 10.6. The number of hydrogen-bond acceptors (Lipinski definition) is 2. The van der Waals surface area contributed by atoms with Crippen molar-refractivity contribution in [1.29, 1.82) is 0 Å². The Morgan fingerprint density at radius 2 is 1.31 bits per heavy atom. The van der Waals surface area contributed by atoms with Gasteiger partial charge < -0.3 is 9.47 Å². The molecule has 0 aliphatic heterocycles. The molecule has 194 valence electrons. The molecule has 0 aliphatic rings. The van der Waals surface area contributed by atoms with Crippen LogP contribution < -0.4 is 9.47 Å². The molecule has 0 aromatic heterocycles. The lowest BCUT2D eigenvalue weighted by Crippen LogP contribution is -2.01. The number of halogens is 1. The number of ether oxygens (including phenoxy) is 2. The van der Waals surface area contributed by atoms with Crippen molar-refractivity contribution in [2.75, 3.05) is 13.2 Å². The second-order valence-electron chi connectivity index (χ2n) is 9.84. The number of unbranched alkanes of at least 4 members (excludes halogenated alkanes) is 5. The topological polar surface area (TPSA) is 18.5 Å². The van der Waals surface area contributed by atoms with Crippen molar-refractivity contribution >= 4 is 0 Å². The Balaban J connectivity index is 1.57. The van der Waals surface area contributed by atoms with Crippen molar-refractivity contribution in [3.63, 3.8) is 0 Å². The fraction of sp³-hybridized carbons (Fsp3) is 0.455. The lowest BCUT2D eigenvalue weighted by molar-refractivity contribution is 0.290. The second kappa shape index (κ2) is 15.3. The minimum atomic E-state index is -0.307. The molecule has 0 fully saturated rings. The van der Waals surface area contributed by atoms with Crippen LogP contribution in [0.15, 0.2) is 66.7 Å². The van der Waals surface area contributed by atoms with Crippen LogP contribution in [0.4, 0.5) is 4.39 Å². The molecule has 0 spiro atoms. The third-order valence-corrected chi connectivity index (χ3v) is 6.90. The van der Waals surface area contributed by atoms with E-state index >= 15 is 0 Å².